The smallest absolute Gasteiger partial charge is 0.135 e. The fraction of sp³-hybridized carbons (Fsp3) is 0.357. The molecule has 2 aromatic rings. The van der Waals surface area contributed by atoms with Crippen LogP contribution in [0, 0.1) is 0 Å². The number of aromatic nitrogens is 3. The van der Waals surface area contributed by atoms with Crippen LogP contribution in [-0.2, 0) is 6.54 Å². The third kappa shape index (κ3) is 3.64. The summed E-state index contributed by atoms with van der Waals surface area (Å²) in [5.41, 5.74) is 1.17. The molecule has 5 heteroatoms. The van der Waals surface area contributed by atoms with Crippen LogP contribution in [0.4, 0.5) is 11.6 Å². The summed E-state index contributed by atoms with van der Waals surface area (Å²) in [7, 11) is 1.86. The molecule has 0 fully saturated rings. The monoisotopic (exact) mass is 257 g/mol. The third-order valence-electron chi connectivity index (χ3n) is 2.74. The maximum absolute atomic E-state index is 4.52. The van der Waals surface area contributed by atoms with Crippen molar-refractivity contribution in [3.63, 3.8) is 0 Å². The van der Waals surface area contributed by atoms with Crippen molar-refractivity contribution in [2.24, 2.45) is 0 Å². The highest BCUT2D eigenvalue weighted by molar-refractivity contribution is 5.47. The van der Waals surface area contributed by atoms with E-state index in [1.54, 1.807) is 12.4 Å². The summed E-state index contributed by atoms with van der Waals surface area (Å²) in [5, 5.41) is 6.37. The van der Waals surface area contributed by atoms with Crippen LogP contribution in [-0.4, -0.2) is 22.0 Å². The lowest BCUT2D eigenvalue weighted by atomic mass is 10.2. The van der Waals surface area contributed by atoms with Gasteiger partial charge in [0.2, 0.25) is 0 Å². The van der Waals surface area contributed by atoms with E-state index in [0.29, 0.717) is 5.92 Å². The second-order valence-corrected chi connectivity index (χ2v) is 4.61. The minimum absolute atomic E-state index is 0.301. The Morgan fingerprint density at radius 1 is 1.11 bits per heavy atom. The molecule has 100 valence electrons. The number of rotatable bonds is 5. The van der Waals surface area contributed by atoms with Gasteiger partial charge in [0, 0.05) is 38.0 Å². The van der Waals surface area contributed by atoms with E-state index in [1.807, 2.05) is 25.2 Å². The van der Waals surface area contributed by atoms with E-state index in [9.17, 15) is 0 Å². The van der Waals surface area contributed by atoms with Crippen molar-refractivity contribution in [1.29, 1.82) is 0 Å². The molecular formula is C14H19N5. The first-order valence-electron chi connectivity index (χ1n) is 6.38. The molecule has 2 aromatic heterocycles. The quantitative estimate of drug-likeness (QED) is 0.862. The molecule has 0 amide bonds. The molecule has 0 saturated heterocycles. The van der Waals surface area contributed by atoms with E-state index < -0.39 is 0 Å². The van der Waals surface area contributed by atoms with Crippen molar-refractivity contribution in [2.75, 3.05) is 17.7 Å². The van der Waals surface area contributed by atoms with Crippen LogP contribution in [0.5, 0.6) is 0 Å². The average Bonchev–Trinajstić information content (AvgIpc) is 2.45. The Morgan fingerprint density at radius 3 is 2.42 bits per heavy atom. The molecule has 0 spiro atoms. The first-order valence-corrected chi connectivity index (χ1v) is 6.38. The van der Waals surface area contributed by atoms with E-state index in [4.69, 9.17) is 0 Å². The first-order chi connectivity index (χ1) is 9.19. The predicted octanol–water partition coefficient (Wildman–Crippen LogP) is 2.65. The van der Waals surface area contributed by atoms with Gasteiger partial charge < -0.3 is 10.6 Å². The van der Waals surface area contributed by atoms with Gasteiger partial charge in [-0.25, -0.2) is 9.97 Å². The van der Waals surface area contributed by atoms with E-state index in [2.05, 4.69) is 39.4 Å². The van der Waals surface area contributed by atoms with Crippen LogP contribution >= 0.6 is 0 Å². The summed E-state index contributed by atoms with van der Waals surface area (Å²) in [6.45, 7) is 4.89. The summed E-state index contributed by atoms with van der Waals surface area (Å²) in [5.74, 6) is 2.80. The highest BCUT2D eigenvalue weighted by Crippen LogP contribution is 2.17. The lowest BCUT2D eigenvalue weighted by molar-refractivity contribution is 0.776. The molecule has 2 heterocycles. The number of pyridine rings is 1. The van der Waals surface area contributed by atoms with Gasteiger partial charge in [-0.1, -0.05) is 13.8 Å². The van der Waals surface area contributed by atoms with E-state index >= 15 is 0 Å². The fourth-order valence-corrected chi connectivity index (χ4v) is 1.64. The van der Waals surface area contributed by atoms with Crippen LogP contribution in [0.3, 0.4) is 0 Å². The molecule has 2 N–H and O–H groups in total. The second-order valence-electron chi connectivity index (χ2n) is 4.61. The van der Waals surface area contributed by atoms with Crippen molar-refractivity contribution in [3.8, 4) is 0 Å². The van der Waals surface area contributed by atoms with Crippen molar-refractivity contribution >= 4 is 11.6 Å². The van der Waals surface area contributed by atoms with Crippen molar-refractivity contribution in [1.82, 2.24) is 15.0 Å². The molecule has 0 aliphatic carbocycles. The molecule has 0 bridgehead atoms. The highest BCUT2D eigenvalue weighted by Gasteiger charge is 2.07. The standard InChI is InChI=1S/C14H19N5/c1-10(2)14-18-12(15-3)8-13(19-14)17-9-11-4-6-16-7-5-11/h4-8,10H,9H2,1-3H3,(H2,15,17,18,19). The van der Waals surface area contributed by atoms with Crippen LogP contribution in [0.25, 0.3) is 0 Å². The third-order valence-corrected chi connectivity index (χ3v) is 2.74. The highest BCUT2D eigenvalue weighted by atomic mass is 15.1. The van der Waals surface area contributed by atoms with Gasteiger partial charge in [0.1, 0.15) is 17.5 Å². The zero-order valence-corrected chi connectivity index (χ0v) is 11.5. The zero-order chi connectivity index (χ0) is 13.7. The van der Waals surface area contributed by atoms with Gasteiger partial charge in [-0.2, -0.15) is 0 Å². The summed E-state index contributed by atoms with van der Waals surface area (Å²) < 4.78 is 0. The Morgan fingerprint density at radius 2 is 1.79 bits per heavy atom. The Bertz CT molecular complexity index is 525. The summed E-state index contributed by atoms with van der Waals surface area (Å²) >= 11 is 0. The minimum atomic E-state index is 0.301. The Labute approximate surface area is 113 Å². The normalized spacial score (nSPS) is 10.5. The van der Waals surface area contributed by atoms with E-state index in [-0.39, 0.29) is 0 Å². The van der Waals surface area contributed by atoms with Gasteiger partial charge in [0.05, 0.1) is 0 Å². The molecule has 0 atom stereocenters. The molecule has 0 aliphatic rings. The minimum Gasteiger partial charge on any atom is -0.373 e. The van der Waals surface area contributed by atoms with Crippen LogP contribution in [0.15, 0.2) is 30.6 Å². The molecule has 19 heavy (non-hydrogen) atoms. The Kier molecular flexibility index (Phi) is 4.28. The lowest BCUT2D eigenvalue weighted by Crippen LogP contribution is -2.07. The SMILES string of the molecule is CNc1cc(NCc2ccncc2)nc(C(C)C)n1. The van der Waals surface area contributed by atoms with Gasteiger partial charge in [-0.05, 0) is 17.7 Å². The maximum atomic E-state index is 4.52. The second kappa shape index (κ2) is 6.13. The molecule has 2 rings (SSSR count). The van der Waals surface area contributed by atoms with E-state index in [1.165, 1.54) is 5.56 Å². The largest absolute Gasteiger partial charge is 0.373 e. The molecular weight excluding hydrogens is 238 g/mol. The van der Waals surface area contributed by atoms with Crippen LogP contribution in [0.2, 0.25) is 0 Å². The first kappa shape index (κ1) is 13.3. The molecule has 0 aliphatic heterocycles. The number of nitrogens with one attached hydrogen (secondary N) is 2. The topological polar surface area (TPSA) is 62.7 Å². The van der Waals surface area contributed by atoms with Gasteiger partial charge in [0.15, 0.2) is 0 Å². The summed E-state index contributed by atoms with van der Waals surface area (Å²) in [6, 6.07) is 5.88. The Hall–Kier alpha value is -2.17. The van der Waals surface area contributed by atoms with Gasteiger partial charge in [-0.15, -0.1) is 0 Å². The van der Waals surface area contributed by atoms with Crippen LogP contribution in [0.1, 0.15) is 31.2 Å². The van der Waals surface area contributed by atoms with Gasteiger partial charge >= 0.3 is 0 Å². The zero-order valence-electron chi connectivity index (χ0n) is 11.5. The summed E-state index contributed by atoms with van der Waals surface area (Å²) in [4.78, 5) is 13.0. The van der Waals surface area contributed by atoms with Gasteiger partial charge in [0.25, 0.3) is 0 Å². The molecule has 5 nitrogen and oxygen atoms in total. The number of nitrogens with zero attached hydrogens (tertiary/aromatic N) is 3. The number of hydrogen-bond acceptors (Lipinski definition) is 5. The fourth-order valence-electron chi connectivity index (χ4n) is 1.64. The van der Waals surface area contributed by atoms with Crippen molar-refractivity contribution in [3.05, 3.63) is 42.0 Å². The molecule has 0 unspecified atom stereocenters. The van der Waals surface area contributed by atoms with E-state index in [0.717, 1.165) is 24.0 Å². The number of anilines is 2. The van der Waals surface area contributed by atoms with Crippen molar-refractivity contribution in [2.45, 2.75) is 26.3 Å². The average molecular weight is 257 g/mol. The molecule has 0 radical (unpaired) electrons. The van der Waals surface area contributed by atoms with Gasteiger partial charge in [-0.3, -0.25) is 4.98 Å². The number of hydrogen-bond donors (Lipinski definition) is 2. The summed E-state index contributed by atoms with van der Waals surface area (Å²) in [6.07, 6.45) is 3.57. The van der Waals surface area contributed by atoms with Crippen molar-refractivity contribution < 1.29 is 0 Å². The lowest BCUT2D eigenvalue weighted by Gasteiger charge is -2.11. The molecule has 0 saturated carbocycles. The maximum Gasteiger partial charge on any atom is 0.135 e. The Balaban J connectivity index is 2.13. The predicted molar refractivity (Wildman–Crippen MR) is 77.2 cm³/mol. The van der Waals surface area contributed by atoms with Crippen LogP contribution < -0.4 is 10.6 Å². The molecule has 0 aromatic carbocycles.